The first-order valence-electron chi connectivity index (χ1n) is 9.57. The minimum absolute atomic E-state index is 0.477. The average molecular weight is 376 g/mol. The second kappa shape index (κ2) is 10.6. The fourth-order valence-corrected chi connectivity index (χ4v) is 7.90. The summed E-state index contributed by atoms with van der Waals surface area (Å²) >= 11 is 0. The van der Waals surface area contributed by atoms with E-state index in [9.17, 15) is 0 Å². The van der Waals surface area contributed by atoms with Gasteiger partial charge in [-0.05, 0) is 83.1 Å². The van der Waals surface area contributed by atoms with Crippen molar-refractivity contribution in [2.75, 3.05) is 0 Å². The van der Waals surface area contributed by atoms with Gasteiger partial charge >= 0.3 is 0 Å². The molecule has 0 saturated heterocycles. The average Bonchev–Trinajstić information content (AvgIpc) is 2.34. The van der Waals surface area contributed by atoms with Gasteiger partial charge in [0.15, 0.2) is 0 Å². The summed E-state index contributed by atoms with van der Waals surface area (Å²) in [4.78, 5) is 2.54. The Morgan fingerprint density at radius 1 is 0.542 bits per heavy atom. The third-order valence-electron chi connectivity index (χ3n) is 4.10. The highest BCUT2D eigenvalue weighted by molar-refractivity contribution is 7.78. The molecule has 0 aliphatic heterocycles. The Morgan fingerprint density at radius 2 is 0.792 bits per heavy atom. The molecule has 0 aliphatic carbocycles. The van der Waals surface area contributed by atoms with E-state index in [0.717, 1.165) is 0 Å². The molecule has 0 radical (unpaired) electrons. The zero-order valence-electron chi connectivity index (χ0n) is 18.3. The van der Waals surface area contributed by atoms with Crippen LogP contribution < -0.4 is 0 Å². The molecule has 0 aromatic carbocycles. The van der Waals surface area contributed by atoms with E-state index in [-0.39, 0.29) is 0 Å². The van der Waals surface area contributed by atoms with Gasteiger partial charge in [0.25, 0.3) is 0 Å². The summed E-state index contributed by atoms with van der Waals surface area (Å²) in [5.74, 6) is 0. The SMILES string of the molecule is CC(C)N(C(=P)P(N(C(C)C)C(C)C)N(C(C)C)C(C)C)C(C)C. The lowest BCUT2D eigenvalue weighted by atomic mass is 10.2. The van der Waals surface area contributed by atoms with Crippen molar-refractivity contribution in [1.29, 1.82) is 0 Å². The van der Waals surface area contributed by atoms with Gasteiger partial charge in [-0.1, -0.05) is 8.86 Å². The first-order chi connectivity index (χ1) is 10.8. The lowest BCUT2D eigenvalue weighted by molar-refractivity contribution is 0.253. The summed E-state index contributed by atoms with van der Waals surface area (Å²) < 4.78 is 5.38. The van der Waals surface area contributed by atoms with Crippen molar-refractivity contribution >= 4 is 22.2 Å². The van der Waals surface area contributed by atoms with Gasteiger partial charge in [-0.3, -0.25) is 14.2 Å². The van der Waals surface area contributed by atoms with Crippen LogP contribution >= 0.6 is 17.1 Å². The zero-order valence-corrected chi connectivity index (χ0v) is 20.1. The topological polar surface area (TPSA) is 9.72 Å². The van der Waals surface area contributed by atoms with Gasteiger partial charge in [-0.2, -0.15) is 0 Å². The van der Waals surface area contributed by atoms with Gasteiger partial charge in [-0.25, -0.2) is 0 Å². The molecule has 0 heterocycles. The first kappa shape index (κ1) is 24.5. The van der Waals surface area contributed by atoms with Gasteiger partial charge in [0.2, 0.25) is 0 Å². The monoisotopic (exact) mass is 375 g/mol. The molecule has 0 N–H and O–H groups in total. The summed E-state index contributed by atoms with van der Waals surface area (Å²) in [6.07, 6.45) is 0. The smallest absolute Gasteiger partial charge is 0.0893 e. The maximum atomic E-state index is 4.14. The van der Waals surface area contributed by atoms with E-state index >= 15 is 0 Å². The van der Waals surface area contributed by atoms with Gasteiger partial charge in [0, 0.05) is 36.3 Å². The Balaban J connectivity index is 6.15. The Labute approximate surface area is 156 Å². The third kappa shape index (κ3) is 6.33. The predicted octanol–water partition coefficient (Wildman–Crippen LogP) is 5.88. The molecular formula is C19H43N3P2. The zero-order chi connectivity index (χ0) is 19.4. The minimum atomic E-state index is -0.588. The molecule has 0 atom stereocenters. The van der Waals surface area contributed by atoms with Crippen LogP contribution in [0.25, 0.3) is 0 Å². The molecule has 24 heavy (non-hydrogen) atoms. The molecule has 0 aromatic rings. The Morgan fingerprint density at radius 3 is 0.958 bits per heavy atom. The van der Waals surface area contributed by atoms with Crippen molar-refractivity contribution in [2.24, 2.45) is 0 Å². The molecule has 0 amide bonds. The van der Waals surface area contributed by atoms with E-state index in [4.69, 9.17) is 0 Å². The quantitative estimate of drug-likeness (QED) is 0.441. The predicted molar refractivity (Wildman–Crippen MR) is 117 cm³/mol. The Bertz CT molecular complexity index is 335. The fraction of sp³-hybridized carbons (Fsp3) is 0.947. The molecule has 0 unspecified atom stereocenters. The second-order valence-corrected chi connectivity index (χ2v) is 11.2. The van der Waals surface area contributed by atoms with Crippen LogP contribution in [-0.4, -0.2) is 55.7 Å². The van der Waals surface area contributed by atoms with Gasteiger partial charge in [0.05, 0.1) is 13.4 Å². The highest BCUT2D eigenvalue weighted by Gasteiger charge is 2.38. The van der Waals surface area contributed by atoms with Crippen LogP contribution in [0.5, 0.6) is 0 Å². The van der Waals surface area contributed by atoms with E-state index in [1.807, 2.05) is 0 Å². The minimum Gasteiger partial charge on any atom is -0.264 e. The van der Waals surface area contributed by atoms with E-state index in [1.165, 1.54) is 5.16 Å². The molecule has 0 aromatic heterocycles. The summed E-state index contributed by atoms with van der Waals surface area (Å²) in [6, 6.07) is 2.97. The van der Waals surface area contributed by atoms with Crippen molar-refractivity contribution in [3.8, 4) is 0 Å². The van der Waals surface area contributed by atoms with Gasteiger partial charge < -0.3 is 0 Å². The number of hydrogen-bond acceptors (Lipinski definition) is 2. The second-order valence-electron chi connectivity index (χ2n) is 8.34. The van der Waals surface area contributed by atoms with E-state index in [2.05, 4.69) is 106 Å². The first-order valence-corrected chi connectivity index (χ1v) is 11.3. The maximum absolute atomic E-state index is 4.14. The maximum Gasteiger partial charge on any atom is 0.0893 e. The number of rotatable bonds is 10. The molecule has 0 aliphatic rings. The van der Waals surface area contributed by atoms with Crippen LogP contribution in [0.4, 0.5) is 0 Å². The standard InChI is InChI=1S/C19H43N3P2/c1-13(2)20(14(3)4)19(23)24(21(15(5)6)16(7)8)22(17(9)10)18(11)12/h13-18,23H,1-12H3. The van der Waals surface area contributed by atoms with Gasteiger partial charge in [-0.15, -0.1) is 0 Å². The summed E-state index contributed by atoms with van der Waals surface area (Å²) in [5.41, 5.74) is 0. The Hall–Kier alpha value is 0.480. The molecule has 5 heteroatoms. The van der Waals surface area contributed by atoms with Crippen LogP contribution in [0.3, 0.4) is 0 Å². The summed E-state index contributed by atoms with van der Waals surface area (Å²) in [5, 5.41) is 1.35. The van der Waals surface area contributed by atoms with Crippen LogP contribution in [0.1, 0.15) is 83.1 Å². The lowest BCUT2D eigenvalue weighted by Crippen LogP contribution is -2.50. The third-order valence-corrected chi connectivity index (χ3v) is 8.29. The van der Waals surface area contributed by atoms with Crippen molar-refractivity contribution in [3.63, 3.8) is 0 Å². The molecule has 0 spiro atoms. The number of hydrogen-bond donors (Lipinski definition) is 0. The van der Waals surface area contributed by atoms with Crippen LogP contribution in [0.15, 0.2) is 0 Å². The largest absolute Gasteiger partial charge is 0.264 e. The van der Waals surface area contributed by atoms with Crippen LogP contribution in [0.2, 0.25) is 0 Å². The summed E-state index contributed by atoms with van der Waals surface area (Å²) in [6.45, 7) is 27.7. The molecule has 0 rings (SSSR count). The van der Waals surface area contributed by atoms with Crippen LogP contribution in [-0.2, 0) is 0 Å². The van der Waals surface area contributed by atoms with Crippen LogP contribution in [0, 0.1) is 0 Å². The van der Waals surface area contributed by atoms with Crippen molar-refractivity contribution < 1.29 is 0 Å². The van der Waals surface area contributed by atoms with Gasteiger partial charge in [0.1, 0.15) is 0 Å². The fourth-order valence-electron chi connectivity index (χ4n) is 3.59. The van der Waals surface area contributed by atoms with E-state index < -0.39 is 8.22 Å². The molecule has 0 bridgehead atoms. The summed E-state index contributed by atoms with van der Waals surface area (Å²) in [7, 11) is 3.55. The molecular weight excluding hydrogens is 332 g/mol. The normalized spacial score (nSPS) is 13.6. The molecule has 0 fully saturated rings. The highest BCUT2D eigenvalue weighted by Crippen LogP contribution is 2.52. The van der Waals surface area contributed by atoms with Crippen molar-refractivity contribution in [1.82, 2.24) is 14.2 Å². The van der Waals surface area contributed by atoms with Crippen molar-refractivity contribution in [2.45, 2.75) is 119 Å². The number of nitrogens with zero attached hydrogens (tertiary/aromatic N) is 3. The van der Waals surface area contributed by atoms with E-state index in [0.29, 0.717) is 36.3 Å². The Kier molecular flexibility index (Phi) is 10.8. The highest BCUT2D eigenvalue weighted by atomic mass is 31.2. The van der Waals surface area contributed by atoms with E-state index in [1.54, 1.807) is 0 Å². The lowest BCUT2D eigenvalue weighted by Gasteiger charge is -2.50. The molecule has 3 nitrogen and oxygen atoms in total. The molecule has 0 saturated carbocycles. The molecule has 144 valence electrons. The van der Waals surface area contributed by atoms with Crippen molar-refractivity contribution in [3.05, 3.63) is 0 Å².